The number of aromatic nitrogens is 3. The van der Waals surface area contributed by atoms with Gasteiger partial charge in [-0.25, -0.2) is 4.98 Å². The molecule has 0 unspecified atom stereocenters. The molecule has 0 aromatic carbocycles. The second-order valence-electron chi connectivity index (χ2n) is 3.75. The van der Waals surface area contributed by atoms with E-state index in [1.54, 1.807) is 7.11 Å². The summed E-state index contributed by atoms with van der Waals surface area (Å²) in [6.45, 7) is 1.30. The molecule has 1 aromatic rings. The maximum Gasteiger partial charge on any atom is 0.182 e. The summed E-state index contributed by atoms with van der Waals surface area (Å²) in [5.74, 6) is 1.21. The van der Waals surface area contributed by atoms with E-state index < -0.39 is 5.60 Å². The number of methoxy groups -OCH3 is 1. The second-order valence-corrected chi connectivity index (χ2v) is 3.75. The van der Waals surface area contributed by atoms with E-state index in [1.165, 1.54) is 0 Å². The summed E-state index contributed by atoms with van der Waals surface area (Å²) in [4.78, 5) is 4.30. The van der Waals surface area contributed by atoms with Crippen LogP contribution in [0.1, 0.15) is 24.5 Å². The maximum absolute atomic E-state index is 8.57. The van der Waals surface area contributed by atoms with Crippen LogP contribution < -0.4 is 0 Å². The first kappa shape index (κ1) is 11.0. The maximum atomic E-state index is 8.57. The Kier molecular flexibility index (Phi) is 3.17. The molecule has 1 aromatic heterocycles. The van der Waals surface area contributed by atoms with Crippen molar-refractivity contribution in [3.05, 3.63) is 11.6 Å². The Morgan fingerprint density at radius 2 is 2.31 bits per heavy atom. The fourth-order valence-corrected chi connectivity index (χ4v) is 1.87. The molecule has 86 valence electrons. The monoisotopic (exact) mass is 222 g/mol. The molecule has 1 fully saturated rings. The van der Waals surface area contributed by atoms with Gasteiger partial charge in [0, 0.05) is 33.2 Å². The Hall–Kier alpha value is -1.45. The van der Waals surface area contributed by atoms with Gasteiger partial charge in [-0.05, 0) is 0 Å². The van der Waals surface area contributed by atoms with Gasteiger partial charge in [0.05, 0.1) is 12.5 Å². The fraction of sp³-hybridized carbons (Fsp3) is 0.700. The van der Waals surface area contributed by atoms with Gasteiger partial charge < -0.3 is 9.47 Å². The van der Waals surface area contributed by atoms with Gasteiger partial charge >= 0.3 is 0 Å². The number of nitriles is 1. The van der Waals surface area contributed by atoms with E-state index >= 15 is 0 Å². The average molecular weight is 222 g/mol. The predicted molar refractivity (Wildman–Crippen MR) is 54.4 cm³/mol. The quantitative estimate of drug-likeness (QED) is 0.806. The van der Waals surface area contributed by atoms with Crippen LogP contribution in [0.2, 0.25) is 0 Å². The van der Waals surface area contributed by atoms with Crippen molar-refractivity contribution < 1.29 is 9.47 Å². The smallest absolute Gasteiger partial charge is 0.182 e. The highest BCUT2D eigenvalue weighted by atomic mass is 16.5. The van der Waals surface area contributed by atoms with Crippen molar-refractivity contribution in [2.24, 2.45) is 0 Å². The number of ether oxygens (including phenoxy) is 2. The number of hydrogen-bond donors (Lipinski definition) is 1. The lowest BCUT2D eigenvalue weighted by Crippen LogP contribution is -2.36. The van der Waals surface area contributed by atoms with E-state index in [9.17, 15) is 0 Å². The van der Waals surface area contributed by atoms with E-state index in [4.69, 9.17) is 14.7 Å². The summed E-state index contributed by atoms with van der Waals surface area (Å²) in [6, 6.07) is 2.03. The van der Waals surface area contributed by atoms with E-state index in [0.29, 0.717) is 24.9 Å². The summed E-state index contributed by atoms with van der Waals surface area (Å²) in [6.07, 6.45) is 1.73. The number of rotatable bonds is 3. The number of aromatic amines is 1. The molecular weight excluding hydrogens is 208 g/mol. The fourth-order valence-electron chi connectivity index (χ4n) is 1.87. The van der Waals surface area contributed by atoms with Crippen LogP contribution in [0.4, 0.5) is 0 Å². The molecule has 2 rings (SSSR count). The molecule has 1 N–H and O–H groups in total. The molecule has 1 saturated heterocycles. The van der Waals surface area contributed by atoms with Gasteiger partial charge in [-0.3, -0.25) is 5.10 Å². The Morgan fingerprint density at radius 3 is 2.94 bits per heavy atom. The van der Waals surface area contributed by atoms with Crippen LogP contribution in [0.3, 0.4) is 0 Å². The molecule has 0 atom stereocenters. The summed E-state index contributed by atoms with van der Waals surface area (Å²) < 4.78 is 10.9. The number of hydrogen-bond acceptors (Lipinski definition) is 5. The van der Waals surface area contributed by atoms with Gasteiger partial charge in [0.15, 0.2) is 5.82 Å². The second kappa shape index (κ2) is 4.60. The molecule has 6 nitrogen and oxygen atoms in total. The van der Waals surface area contributed by atoms with Gasteiger partial charge in [-0.1, -0.05) is 0 Å². The van der Waals surface area contributed by atoms with Crippen LogP contribution in [0.25, 0.3) is 0 Å². The molecule has 0 bridgehead atoms. The lowest BCUT2D eigenvalue weighted by molar-refractivity contribution is -0.0998. The third-order valence-corrected chi connectivity index (χ3v) is 2.88. The van der Waals surface area contributed by atoms with Crippen LogP contribution in [0.15, 0.2) is 0 Å². The van der Waals surface area contributed by atoms with Crippen molar-refractivity contribution >= 4 is 0 Å². The van der Waals surface area contributed by atoms with E-state index in [2.05, 4.69) is 15.2 Å². The molecule has 0 spiro atoms. The first-order valence-electron chi connectivity index (χ1n) is 5.22. The van der Waals surface area contributed by atoms with Gasteiger partial charge in [0.2, 0.25) is 0 Å². The zero-order valence-corrected chi connectivity index (χ0v) is 9.19. The van der Waals surface area contributed by atoms with E-state index in [1.807, 2.05) is 6.07 Å². The van der Waals surface area contributed by atoms with Gasteiger partial charge in [0.1, 0.15) is 11.4 Å². The zero-order chi connectivity index (χ0) is 11.4. The van der Waals surface area contributed by atoms with Crippen LogP contribution >= 0.6 is 0 Å². The minimum absolute atomic E-state index is 0.239. The molecular formula is C10H14N4O2. The van der Waals surface area contributed by atoms with Crippen LogP contribution in [-0.4, -0.2) is 35.5 Å². The Labute approximate surface area is 93.6 Å². The van der Waals surface area contributed by atoms with E-state index in [0.717, 1.165) is 12.8 Å². The summed E-state index contributed by atoms with van der Waals surface area (Å²) >= 11 is 0. The molecule has 0 aliphatic carbocycles. The van der Waals surface area contributed by atoms with Crippen LogP contribution in [0.5, 0.6) is 0 Å². The lowest BCUT2D eigenvalue weighted by atomic mass is 9.93. The number of nitrogens with one attached hydrogen (secondary N) is 1. The van der Waals surface area contributed by atoms with Crippen LogP contribution in [0, 0.1) is 11.3 Å². The third-order valence-electron chi connectivity index (χ3n) is 2.88. The number of H-pyrrole nitrogens is 1. The SMILES string of the molecule is COC1(c2n[nH]c(CC#N)n2)CCOCC1. The molecule has 2 heterocycles. The Balaban J connectivity index is 2.22. The summed E-state index contributed by atoms with van der Waals surface area (Å²) in [7, 11) is 1.66. The molecule has 16 heavy (non-hydrogen) atoms. The minimum Gasteiger partial charge on any atom is -0.381 e. The minimum atomic E-state index is -0.456. The third kappa shape index (κ3) is 1.92. The number of nitrogens with zero attached hydrogens (tertiary/aromatic N) is 3. The highest BCUT2D eigenvalue weighted by molar-refractivity contribution is 5.06. The van der Waals surface area contributed by atoms with E-state index in [-0.39, 0.29) is 6.42 Å². The first-order valence-corrected chi connectivity index (χ1v) is 5.22. The van der Waals surface area contributed by atoms with Crippen molar-refractivity contribution in [2.75, 3.05) is 20.3 Å². The first-order chi connectivity index (χ1) is 7.80. The normalized spacial score (nSPS) is 19.2. The molecule has 6 heteroatoms. The Morgan fingerprint density at radius 1 is 1.56 bits per heavy atom. The Bertz CT molecular complexity index is 390. The molecule has 0 saturated carbocycles. The largest absolute Gasteiger partial charge is 0.381 e. The topological polar surface area (TPSA) is 83.8 Å². The van der Waals surface area contributed by atoms with Gasteiger partial charge in [-0.15, -0.1) is 0 Å². The standard InChI is InChI=1S/C10H14N4O2/c1-15-10(3-6-16-7-4-10)9-12-8(2-5-11)13-14-9/h2-4,6-7H2,1H3,(H,12,13,14). The van der Waals surface area contributed by atoms with Crippen molar-refractivity contribution in [2.45, 2.75) is 24.9 Å². The van der Waals surface area contributed by atoms with Gasteiger partial charge in [0.25, 0.3) is 0 Å². The lowest BCUT2D eigenvalue weighted by Gasteiger charge is -2.33. The predicted octanol–water partition coefficient (Wildman–Crippen LogP) is 0.523. The van der Waals surface area contributed by atoms with Crippen LogP contribution in [-0.2, 0) is 21.5 Å². The van der Waals surface area contributed by atoms with Crippen molar-refractivity contribution in [1.82, 2.24) is 15.2 Å². The van der Waals surface area contributed by atoms with Crippen molar-refractivity contribution in [1.29, 1.82) is 5.26 Å². The molecule has 1 aliphatic heterocycles. The van der Waals surface area contributed by atoms with Crippen molar-refractivity contribution in [3.8, 4) is 6.07 Å². The molecule has 0 radical (unpaired) electrons. The summed E-state index contributed by atoms with van der Waals surface area (Å²) in [5, 5.41) is 15.5. The summed E-state index contributed by atoms with van der Waals surface area (Å²) in [5.41, 5.74) is -0.456. The molecule has 0 amide bonds. The van der Waals surface area contributed by atoms with Crippen molar-refractivity contribution in [3.63, 3.8) is 0 Å². The van der Waals surface area contributed by atoms with Gasteiger partial charge in [-0.2, -0.15) is 10.4 Å². The zero-order valence-electron chi connectivity index (χ0n) is 9.19. The highest BCUT2D eigenvalue weighted by Gasteiger charge is 2.38. The highest BCUT2D eigenvalue weighted by Crippen LogP contribution is 2.32. The molecule has 1 aliphatic rings. The average Bonchev–Trinajstić information content (AvgIpc) is 2.80.